The van der Waals surface area contributed by atoms with E-state index in [4.69, 9.17) is 4.42 Å². The first-order valence-corrected chi connectivity index (χ1v) is 8.18. The molecule has 28 heavy (non-hydrogen) atoms. The van der Waals surface area contributed by atoms with Gasteiger partial charge in [0.15, 0.2) is 0 Å². The summed E-state index contributed by atoms with van der Waals surface area (Å²) in [6, 6.07) is 12.7. The van der Waals surface area contributed by atoms with Crippen molar-refractivity contribution in [3.05, 3.63) is 65.7 Å². The van der Waals surface area contributed by atoms with Crippen molar-refractivity contribution in [1.29, 1.82) is 0 Å². The Bertz CT molecular complexity index is 1230. The lowest BCUT2D eigenvalue weighted by molar-refractivity contribution is 0.0696. The molecule has 0 radical (unpaired) electrons. The molecule has 4 N–H and O–H groups in total. The largest absolute Gasteiger partial charge is 0.508 e. The predicted octanol–water partition coefficient (Wildman–Crippen LogP) is 4.34. The molecule has 1 heterocycles. The summed E-state index contributed by atoms with van der Waals surface area (Å²) >= 11 is 0. The number of aromatic hydroxyl groups is 2. The van der Waals surface area contributed by atoms with E-state index in [1.54, 1.807) is 12.1 Å². The molecule has 4 aromatic rings. The van der Waals surface area contributed by atoms with Crippen LogP contribution in [0.15, 0.2) is 59.0 Å². The van der Waals surface area contributed by atoms with Crippen molar-refractivity contribution in [1.82, 2.24) is 0 Å². The smallest absolute Gasteiger partial charge is 0.365 e. The van der Waals surface area contributed by atoms with Crippen LogP contribution in [-0.4, -0.2) is 32.4 Å². The molecular formula is C21H13O7+. The first kappa shape index (κ1) is 17.3. The Kier molecular flexibility index (Phi) is 3.85. The minimum atomic E-state index is -1.28. The summed E-state index contributed by atoms with van der Waals surface area (Å²) in [5.74, 6) is -2.60. The first-order valence-electron chi connectivity index (χ1n) is 8.18. The number of phenols is 2. The fraction of sp³-hybridized carbons (Fsp3) is 0. The van der Waals surface area contributed by atoms with Gasteiger partial charge in [0.2, 0.25) is 0 Å². The minimum Gasteiger partial charge on any atom is -0.508 e. The molecule has 0 atom stereocenters. The lowest BCUT2D eigenvalue weighted by Gasteiger charge is -2.10. The summed E-state index contributed by atoms with van der Waals surface area (Å²) in [6.07, 6.45) is 0. The van der Waals surface area contributed by atoms with Crippen LogP contribution in [0.3, 0.4) is 0 Å². The van der Waals surface area contributed by atoms with Gasteiger partial charge in [-0.15, -0.1) is 0 Å². The maximum atomic E-state index is 11.9. The number of benzene rings is 3. The van der Waals surface area contributed by atoms with Gasteiger partial charge in [0.25, 0.3) is 0 Å². The van der Waals surface area contributed by atoms with Gasteiger partial charge in [-0.05, 0) is 42.0 Å². The van der Waals surface area contributed by atoms with Gasteiger partial charge in [0.1, 0.15) is 11.5 Å². The predicted molar refractivity (Wildman–Crippen MR) is 101 cm³/mol. The monoisotopic (exact) mass is 377 g/mol. The molecule has 0 saturated heterocycles. The molecule has 0 spiro atoms. The molecule has 0 unspecified atom stereocenters. The third-order valence-corrected chi connectivity index (χ3v) is 4.46. The average Bonchev–Trinajstić information content (AvgIpc) is 2.65. The highest BCUT2D eigenvalue weighted by molar-refractivity contribution is 6.12. The molecule has 0 amide bonds. The Morgan fingerprint density at radius 3 is 1.79 bits per heavy atom. The topological polar surface area (TPSA) is 126 Å². The molecule has 0 aliphatic carbocycles. The Morgan fingerprint density at radius 2 is 1.29 bits per heavy atom. The molecule has 0 fully saturated rings. The Labute approximate surface area is 157 Å². The maximum Gasteiger partial charge on any atom is 0.365 e. The van der Waals surface area contributed by atoms with Crippen LogP contribution < -0.4 is 0 Å². The van der Waals surface area contributed by atoms with Crippen LogP contribution in [0.5, 0.6) is 11.5 Å². The quantitative estimate of drug-likeness (QED) is 0.309. The van der Waals surface area contributed by atoms with Gasteiger partial charge >= 0.3 is 23.1 Å². The average molecular weight is 377 g/mol. The second-order valence-electron chi connectivity index (χ2n) is 6.21. The number of hydrogen-bond donors (Lipinski definition) is 4. The van der Waals surface area contributed by atoms with E-state index >= 15 is 0 Å². The zero-order valence-electron chi connectivity index (χ0n) is 14.2. The number of aromatic carboxylic acids is 2. The van der Waals surface area contributed by atoms with Gasteiger partial charge in [-0.25, -0.2) is 14.0 Å². The van der Waals surface area contributed by atoms with Gasteiger partial charge in [-0.1, -0.05) is 6.07 Å². The van der Waals surface area contributed by atoms with E-state index in [0.717, 1.165) is 6.07 Å². The van der Waals surface area contributed by atoms with Crippen molar-refractivity contribution >= 4 is 33.9 Å². The van der Waals surface area contributed by atoms with E-state index in [0.29, 0.717) is 21.9 Å². The van der Waals surface area contributed by atoms with Gasteiger partial charge in [-0.2, -0.15) is 0 Å². The van der Waals surface area contributed by atoms with Crippen LogP contribution in [0.4, 0.5) is 0 Å². The number of rotatable bonds is 3. The molecule has 7 nitrogen and oxygen atoms in total. The zero-order valence-corrected chi connectivity index (χ0v) is 14.2. The summed E-state index contributed by atoms with van der Waals surface area (Å²) in [7, 11) is 0. The third kappa shape index (κ3) is 2.75. The number of hydrogen-bond acceptors (Lipinski definition) is 4. The van der Waals surface area contributed by atoms with Gasteiger partial charge < -0.3 is 20.4 Å². The molecule has 138 valence electrons. The van der Waals surface area contributed by atoms with Crippen LogP contribution in [0, 0.1) is 0 Å². The third-order valence-electron chi connectivity index (χ3n) is 4.46. The Morgan fingerprint density at radius 1 is 0.714 bits per heavy atom. The number of carboxylic acid groups (broad SMARTS) is 2. The second-order valence-corrected chi connectivity index (χ2v) is 6.21. The van der Waals surface area contributed by atoms with E-state index < -0.39 is 11.9 Å². The molecule has 0 aliphatic heterocycles. The fourth-order valence-corrected chi connectivity index (χ4v) is 3.23. The van der Waals surface area contributed by atoms with Gasteiger partial charge in [-0.3, -0.25) is 0 Å². The van der Waals surface area contributed by atoms with Gasteiger partial charge in [0.05, 0.1) is 34.0 Å². The highest BCUT2D eigenvalue weighted by Crippen LogP contribution is 2.40. The molecular weight excluding hydrogens is 364 g/mol. The summed E-state index contributed by atoms with van der Waals surface area (Å²) in [4.78, 5) is 23.1. The van der Waals surface area contributed by atoms with Crippen molar-refractivity contribution in [2.24, 2.45) is 0 Å². The van der Waals surface area contributed by atoms with Crippen LogP contribution in [-0.2, 0) is 0 Å². The SMILES string of the molecule is O=C(O)c1ccc(-c2c3ccc(O)cc3[o+]c3cc(O)ccc23)c(C(=O)O)c1. The second kappa shape index (κ2) is 6.24. The van der Waals surface area contributed by atoms with Gasteiger partial charge in [0, 0.05) is 5.56 Å². The zero-order chi connectivity index (χ0) is 20.0. The molecule has 4 rings (SSSR count). The number of fused-ring (bicyclic) bond motifs is 2. The highest BCUT2D eigenvalue weighted by Gasteiger charge is 2.25. The van der Waals surface area contributed by atoms with Crippen molar-refractivity contribution in [3.63, 3.8) is 0 Å². The summed E-state index contributed by atoms with van der Waals surface area (Å²) in [5, 5.41) is 39.5. The van der Waals surface area contributed by atoms with Crippen molar-refractivity contribution in [3.8, 4) is 22.6 Å². The van der Waals surface area contributed by atoms with Crippen molar-refractivity contribution in [2.75, 3.05) is 0 Å². The van der Waals surface area contributed by atoms with E-state index in [1.165, 1.54) is 36.4 Å². The van der Waals surface area contributed by atoms with E-state index in [1.807, 2.05) is 0 Å². The van der Waals surface area contributed by atoms with E-state index in [9.17, 15) is 30.0 Å². The number of phenolic OH excluding ortho intramolecular Hbond substituents is 2. The summed E-state index contributed by atoms with van der Waals surface area (Å²) in [5.41, 5.74) is 1.02. The maximum absolute atomic E-state index is 11.9. The van der Waals surface area contributed by atoms with E-state index in [2.05, 4.69) is 0 Å². The Balaban J connectivity index is 2.18. The van der Waals surface area contributed by atoms with E-state index in [-0.39, 0.29) is 33.8 Å². The molecule has 0 saturated carbocycles. The standard InChI is InChI=1S/C21H12O7/c22-11-2-5-14-17(8-11)28-18-9-12(23)3-6-15(18)19(14)13-4-1-10(20(24)25)7-16(13)21(26)27/h1-9H,(H3-,22,23,24,25,26,27)/p+1. The van der Waals surface area contributed by atoms with Crippen LogP contribution in [0.25, 0.3) is 33.1 Å². The van der Waals surface area contributed by atoms with Crippen LogP contribution in [0.2, 0.25) is 0 Å². The summed E-state index contributed by atoms with van der Waals surface area (Å²) < 4.78 is 5.77. The first-order chi connectivity index (χ1) is 13.3. The normalized spacial score (nSPS) is 11.0. The minimum absolute atomic E-state index is 0.0404. The van der Waals surface area contributed by atoms with Crippen LogP contribution in [0.1, 0.15) is 20.7 Å². The Hall–Kier alpha value is -4.13. The van der Waals surface area contributed by atoms with Crippen molar-refractivity contribution < 1.29 is 34.4 Å². The highest BCUT2D eigenvalue weighted by atomic mass is 16.4. The molecule has 0 aliphatic rings. The molecule has 0 bridgehead atoms. The molecule has 1 aromatic heterocycles. The lowest BCUT2D eigenvalue weighted by atomic mass is 9.92. The fourth-order valence-electron chi connectivity index (χ4n) is 3.23. The van der Waals surface area contributed by atoms with Crippen LogP contribution >= 0.6 is 0 Å². The van der Waals surface area contributed by atoms with Crippen molar-refractivity contribution in [2.45, 2.75) is 0 Å². The molecule has 7 heteroatoms. The number of carboxylic acids is 2. The number of carbonyl (C=O) groups is 2. The lowest BCUT2D eigenvalue weighted by Crippen LogP contribution is -2.04. The molecule has 3 aromatic carbocycles. The summed E-state index contributed by atoms with van der Waals surface area (Å²) in [6.45, 7) is 0.